The monoisotopic (exact) mass is 274 g/mol. The molecule has 1 rings (SSSR count). The minimum Gasteiger partial charge on any atom is -0.331 e. The SMILES string of the molecule is CCCCCCn1cncc1/C=C(\C)CCC=C(C)C. The summed E-state index contributed by atoms with van der Waals surface area (Å²) < 4.78 is 2.28. The fraction of sp³-hybridized carbons (Fsp3) is 0.611. The summed E-state index contributed by atoms with van der Waals surface area (Å²) in [6.07, 6.45) is 16.0. The lowest BCUT2D eigenvalue weighted by atomic mass is 10.1. The number of hydrogen-bond acceptors (Lipinski definition) is 1. The van der Waals surface area contributed by atoms with Crippen molar-refractivity contribution in [1.82, 2.24) is 9.55 Å². The van der Waals surface area contributed by atoms with Gasteiger partial charge in [0.25, 0.3) is 0 Å². The van der Waals surface area contributed by atoms with E-state index in [1.54, 1.807) is 0 Å². The van der Waals surface area contributed by atoms with Crippen molar-refractivity contribution in [2.75, 3.05) is 0 Å². The van der Waals surface area contributed by atoms with Gasteiger partial charge in [0.2, 0.25) is 0 Å². The van der Waals surface area contributed by atoms with Crippen LogP contribution in [0.25, 0.3) is 6.08 Å². The summed E-state index contributed by atoms with van der Waals surface area (Å²) in [6.45, 7) is 9.87. The molecule has 0 amide bonds. The molecule has 2 heteroatoms. The van der Waals surface area contributed by atoms with Gasteiger partial charge >= 0.3 is 0 Å². The summed E-state index contributed by atoms with van der Waals surface area (Å²) in [7, 11) is 0. The highest BCUT2D eigenvalue weighted by Crippen LogP contribution is 2.13. The van der Waals surface area contributed by atoms with Crippen molar-refractivity contribution in [1.29, 1.82) is 0 Å². The number of rotatable bonds is 9. The zero-order chi connectivity index (χ0) is 14.8. The van der Waals surface area contributed by atoms with Crippen LogP contribution < -0.4 is 0 Å². The highest BCUT2D eigenvalue weighted by atomic mass is 15.0. The van der Waals surface area contributed by atoms with Gasteiger partial charge in [-0.05, 0) is 46.1 Å². The lowest BCUT2D eigenvalue weighted by Gasteiger charge is -2.06. The third kappa shape index (κ3) is 6.74. The van der Waals surface area contributed by atoms with Gasteiger partial charge in [-0.3, -0.25) is 0 Å². The fourth-order valence-corrected chi connectivity index (χ4v) is 2.26. The Balaban J connectivity index is 2.50. The molecule has 112 valence electrons. The van der Waals surface area contributed by atoms with Gasteiger partial charge in [-0.1, -0.05) is 43.4 Å². The number of allylic oxidation sites excluding steroid dienone is 3. The predicted octanol–water partition coefficient (Wildman–Crippen LogP) is 5.61. The van der Waals surface area contributed by atoms with Gasteiger partial charge < -0.3 is 4.57 Å². The van der Waals surface area contributed by atoms with Crippen LogP contribution in [-0.2, 0) is 6.54 Å². The molecular weight excluding hydrogens is 244 g/mol. The van der Waals surface area contributed by atoms with Crippen molar-refractivity contribution < 1.29 is 0 Å². The Bertz CT molecular complexity index is 434. The lowest BCUT2D eigenvalue weighted by Crippen LogP contribution is -1.99. The second-order valence-electron chi connectivity index (χ2n) is 5.88. The Morgan fingerprint density at radius 2 is 2.00 bits per heavy atom. The fourth-order valence-electron chi connectivity index (χ4n) is 2.26. The largest absolute Gasteiger partial charge is 0.331 e. The van der Waals surface area contributed by atoms with E-state index in [9.17, 15) is 0 Å². The van der Waals surface area contributed by atoms with E-state index < -0.39 is 0 Å². The molecule has 0 bridgehead atoms. The molecule has 0 aliphatic rings. The normalized spacial score (nSPS) is 11.7. The van der Waals surface area contributed by atoms with E-state index in [2.05, 4.69) is 49.4 Å². The van der Waals surface area contributed by atoms with Crippen molar-refractivity contribution in [3.63, 3.8) is 0 Å². The topological polar surface area (TPSA) is 17.8 Å². The first-order chi connectivity index (χ1) is 9.63. The molecule has 20 heavy (non-hydrogen) atoms. The van der Waals surface area contributed by atoms with E-state index in [-0.39, 0.29) is 0 Å². The second-order valence-corrected chi connectivity index (χ2v) is 5.88. The Morgan fingerprint density at radius 1 is 1.20 bits per heavy atom. The first-order valence-corrected chi connectivity index (χ1v) is 7.94. The quantitative estimate of drug-likeness (QED) is 0.422. The molecule has 1 aromatic rings. The van der Waals surface area contributed by atoms with Gasteiger partial charge in [0.1, 0.15) is 0 Å². The maximum absolute atomic E-state index is 4.29. The second kappa shape index (κ2) is 9.57. The molecule has 0 fully saturated rings. The van der Waals surface area contributed by atoms with E-state index in [0.29, 0.717) is 0 Å². The van der Waals surface area contributed by atoms with Crippen LogP contribution in [0.3, 0.4) is 0 Å². The Hall–Kier alpha value is -1.31. The Kier molecular flexibility index (Phi) is 8.01. The van der Waals surface area contributed by atoms with E-state index in [4.69, 9.17) is 0 Å². The van der Waals surface area contributed by atoms with Crippen molar-refractivity contribution in [3.05, 3.63) is 35.4 Å². The van der Waals surface area contributed by atoms with Crippen LogP contribution >= 0.6 is 0 Å². The number of aromatic nitrogens is 2. The van der Waals surface area contributed by atoms with Gasteiger partial charge in [-0.25, -0.2) is 4.98 Å². The third-order valence-electron chi connectivity index (χ3n) is 3.48. The molecular formula is C18H30N2. The molecule has 1 aromatic heterocycles. The average Bonchev–Trinajstić information content (AvgIpc) is 2.81. The molecule has 2 nitrogen and oxygen atoms in total. The van der Waals surface area contributed by atoms with Gasteiger partial charge in [-0.2, -0.15) is 0 Å². The molecule has 0 N–H and O–H groups in total. The number of hydrogen-bond donors (Lipinski definition) is 0. The van der Waals surface area contributed by atoms with Crippen LogP contribution in [-0.4, -0.2) is 9.55 Å². The van der Waals surface area contributed by atoms with Gasteiger partial charge in [0.05, 0.1) is 18.2 Å². The van der Waals surface area contributed by atoms with Crippen LogP contribution in [0.1, 0.15) is 71.9 Å². The summed E-state index contributed by atoms with van der Waals surface area (Å²) in [5, 5.41) is 0. The zero-order valence-electron chi connectivity index (χ0n) is 13.7. The summed E-state index contributed by atoms with van der Waals surface area (Å²) >= 11 is 0. The molecule has 0 atom stereocenters. The van der Waals surface area contributed by atoms with Crippen LogP contribution in [0.15, 0.2) is 29.7 Å². The third-order valence-corrected chi connectivity index (χ3v) is 3.48. The molecule has 0 saturated heterocycles. The summed E-state index contributed by atoms with van der Waals surface area (Å²) in [5.74, 6) is 0. The molecule has 0 aliphatic heterocycles. The smallest absolute Gasteiger partial charge is 0.0950 e. The number of imidazole rings is 1. The van der Waals surface area contributed by atoms with Crippen LogP contribution in [0.4, 0.5) is 0 Å². The first-order valence-electron chi connectivity index (χ1n) is 7.94. The van der Waals surface area contributed by atoms with Crippen LogP contribution in [0, 0.1) is 0 Å². The summed E-state index contributed by atoms with van der Waals surface area (Å²) in [4.78, 5) is 4.29. The maximum Gasteiger partial charge on any atom is 0.0950 e. The van der Waals surface area contributed by atoms with Gasteiger partial charge in [0.15, 0.2) is 0 Å². The maximum atomic E-state index is 4.29. The highest BCUT2D eigenvalue weighted by molar-refractivity contribution is 5.47. The Labute approximate surface area is 124 Å². The number of unbranched alkanes of at least 4 members (excludes halogenated alkanes) is 3. The lowest BCUT2D eigenvalue weighted by molar-refractivity contribution is 0.580. The number of aryl methyl sites for hydroxylation is 1. The highest BCUT2D eigenvalue weighted by Gasteiger charge is 2.00. The Morgan fingerprint density at radius 3 is 2.70 bits per heavy atom. The molecule has 0 saturated carbocycles. The molecule has 0 unspecified atom stereocenters. The predicted molar refractivity (Wildman–Crippen MR) is 88.7 cm³/mol. The molecule has 0 aromatic carbocycles. The van der Waals surface area contributed by atoms with Crippen molar-refractivity contribution in [3.8, 4) is 0 Å². The van der Waals surface area contributed by atoms with Crippen molar-refractivity contribution >= 4 is 6.08 Å². The summed E-state index contributed by atoms with van der Waals surface area (Å²) in [5.41, 5.74) is 4.08. The zero-order valence-corrected chi connectivity index (χ0v) is 13.7. The van der Waals surface area contributed by atoms with Gasteiger partial charge in [-0.15, -0.1) is 0 Å². The molecule has 0 radical (unpaired) electrons. The van der Waals surface area contributed by atoms with Crippen molar-refractivity contribution in [2.24, 2.45) is 0 Å². The van der Waals surface area contributed by atoms with E-state index in [1.807, 2.05) is 12.5 Å². The van der Waals surface area contributed by atoms with Crippen LogP contribution in [0.2, 0.25) is 0 Å². The molecule has 0 spiro atoms. The average molecular weight is 274 g/mol. The van der Waals surface area contributed by atoms with E-state index in [1.165, 1.54) is 42.5 Å². The molecule has 1 heterocycles. The summed E-state index contributed by atoms with van der Waals surface area (Å²) in [6, 6.07) is 0. The van der Waals surface area contributed by atoms with Crippen LogP contribution in [0.5, 0.6) is 0 Å². The molecule has 0 aliphatic carbocycles. The minimum atomic E-state index is 1.09. The number of nitrogens with zero attached hydrogens (tertiary/aromatic N) is 2. The van der Waals surface area contributed by atoms with Crippen molar-refractivity contribution in [2.45, 2.75) is 72.8 Å². The van der Waals surface area contributed by atoms with Gasteiger partial charge in [0, 0.05) is 6.54 Å². The van der Waals surface area contributed by atoms with E-state index >= 15 is 0 Å². The van der Waals surface area contributed by atoms with E-state index in [0.717, 1.165) is 19.4 Å². The minimum absolute atomic E-state index is 1.09. The standard InChI is InChI=1S/C18H30N2/c1-5-6-7-8-12-20-15-19-14-18(20)13-17(4)11-9-10-16(2)3/h10,13-15H,5-9,11-12H2,1-4H3/b17-13+. The first kappa shape index (κ1) is 16.7.